The van der Waals surface area contributed by atoms with Crippen LogP contribution in [-0.4, -0.2) is 34.7 Å². The maximum absolute atomic E-state index is 12.8. The second kappa shape index (κ2) is 6.69. The molecule has 132 valence electrons. The summed E-state index contributed by atoms with van der Waals surface area (Å²) in [6.07, 6.45) is 7.99. The molecule has 3 rings (SSSR count). The van der Waals surface area contributed by atoms with E-state index in [-0.39, 0.29) is 41.5 Å². The normalized spacial score (nSPS) is 28.9. The van der Waals surface area contributed by atoms with Gasteiger partial charge in [-0.05, 0) is 50.9 Å². The first-order valence-electron chi connectivity index (χ1n) is 9.22. The second-order valence-corrected chi connectivity index (χ2v) is 7.98. The Balaban J connectivity index is 1.78. The monoisotopic (exact) mass is 332 g/mol. The van der Waals surface area contributed by atoms with Gasteiger partial charge in [0.1, 0.15) is 6.04 Å². The van der Waals surface area contributed by atoms with Gasteiger partial charge in [0.25, 0.3) is 0 Å². The molecule has 2 aliphatic carbocycles. The molecule has 0 aromatic heterocycles. The van der Waals surface area contributed by atoms with E-state index in [9.17, 15) is 14.4 Å². The van der Waals surface area contributed by atoms with E-state index in [1.54, 1.807) is 0 Å². The molecule has 1 heterocycles. The highest BCUT2D eigenvalue weighted by molar-refractivity contribution is 6.08. The molecule has 0 spiro atoms. The van der Waals surface area contributed by atoms with Crippen LogP contribution < -0.4 is 5.32 Å². The van der Waals surface area contributed by atoms with Crippen molar-refractivity contribution in [3.63, 3.8) is 0 Å². The highest BCUT2D eigenvalue weighted by Crippen LogP contribution is 2.37. The number of hydrogen-bond donors (Lipinski definition) is 1. The van der Waals surface area contributed by atoms with Crippen LogP contribution in [0.25, 0.3) is 0 Å². The smallest absolute Gasteiger partial charge is 0.243 e. The minimum absolute atomic E-state index is 0.115. The Bertz CT molecular complexity index is 539. The Labute approximate surface area is 143 Å². The molecule has 5 heteroatoms. The first-order valence-corrected chi connectivity index (χ1v) is 9.22. The molecule has 1 N–H and O–H groups in total. The fourth-order valence-electron chi connectivity index (χ4n) is 3.94. The highest BCUT2D eigenvalue weighted by Gasteiger charge is 2.51. The molecule has 0 unspecified atom stereocenters. The molecule has 0 radical (unpaired) electrons. The number of carbonyl (C=O) groups is 3. The summed E-state index contributed by atoms with van der Waals surface area (Å²) in [4.78, 5) is 39.7. The molecule has 24 heavy (non-hydrogen) atoms. The van der Waals surface area contributed by atoms with Crippen LogP contribution in [0.2, 0.25) is 0 Å². The zero-order valence-corrected chi connectivity index (χ0v) is 14.8. The molecule has 3 aliphatic rings. The maximum atomic E-state index is 12.8. The molecule has 1 saturated carbocycles. The topological polar surface area (TPSA) is 66.5 Å². The molecule has 4 atom stereocenters. The first kappa shape index (κ1) is 17.2. The summed E-state index contributed by atoms with van der Waals surface area (Å²) in [6, 6.07) is -0.555. The van der Waals surface area contributed by atoms with Crippen molar-refractivity contribution in [1.82, 2.24) is 10.2 Å². The van der Waals surface area contributed by atoms with Crippen molar-refractivity contribution in [2.75, 3.05) is 0 Å². The van der Waals surface area contributed by atoms with Gasteiger partial charge in [-0.2, -0.15) is 0 Å². The number of imide groups is 1. The average Bonchev–Trinajstić information content (AvgIpc) is 3.35. The zero-order chi connectivity index (χ0) is 17.4. The van der Waals surface area contributed by atoms with E-state index in [2.05, 4.69) is 5.32 Å². The van der Waals surface area contributed by atoms with Gasteiger partial charge in [0.2, 0.25) is 17.7 Å². The summed E-state index contributed by atoms with van der Waals surface area (Å²) in [6.45, 7) is 6.05. The second-order valence-electron chi connectivity index (χ2n) is 7.98. The molecule has 0 bridgehead atoms. The molecule has 2 fully saturated rings. The standard InChI is InChI=1S/C19H28N2O3/c1-11(2)10-16(17(22)20-12(3)13-8-9-13)21-18(23)14-6-4-5-7-15(14)19(21)24/h4-5,11-16H,6-10H2,1-3H3,(H,20,22)/t12-,14-,15-,16-/m1/s1. The van der Waals surface area contributed by atoms with Gasteiger partial charge in [-0.15, -0.1) is 0 Å². The van der Waals surface area contributed by atoms with E-state index in [0.29, 0.717) is 25.2 Å². The number of allylic oxidation sites excluding steroid dienone is 2. The zero-order valence-electron chi connectivity index (χ0n) is 14.8. The summed E-state index contributed by atoms with van der Waals surface area (Å²) in [5.41, 5.74) is 0. The van der Waals surface area contributed by atoms with Gasteiger partial charge in [0.15, 0.2) is 0 Å². The summed E-state index contributed by atoms with van der Waals surface area (Å²) in [5.74, 6) is -0.250. The number of nitrogens with one attached hydrogen (secondary N) is 1. The van der Waals surface area contributed by atoms with Crippen LogP contribution in [0.5, 0.6) is 0 Å². The van der Waals surface area contributed by atoms with Crippen molar-refractivity contribution in [3.05, 3.63) is 12.2 Å². The number of carbonyl (C=O) groups excluding carboxylic acids is 3. The Kier molecular flexibility index (Phi) is 4.79. The largest absolute Gasteiger partial charge is 0.352 e. The number of likely N-dealkylation sites (tertiary alicyclic amines) is 1. The Morgan fingerprint density at radius 2 is 1.67 bits per heavy atom. The fourth-order valence-corrected chi connectivity index (χ4v) is 3.94. The summed E-state index contributed by atoms with van der Waals surface area (Å²) in [7, 11) is 0. The number of nitrogens with zero attached hydrogens (tertiary/aromatic N) is 1. The highest BCUT2D eigenvalue weighted by atomic mass is 16.2. The van der Waals surface area contributed by atoms with Crippen molar-refractivity contribution >= 4 is 17.7 Å². The predicted octanol–water partition coefficient (Wildman–Crippen LogP) is 2.27. The van der Waals surface area contributed by atoms with Gasteiger partial charge in [0, 0.05) is 6.04 Å². The SMILES string of the molecule is CC(C)C[C@H](C(=O)N[C@H](C)C1CC1)N1C(=O)[C@@H]2CC=CC[C@H]2C1=O. The van der Waals surface area contributed by atoms with E-state index in [0.717, 1.165) is 12.8 Å². The lowest BCUT2D eigenvalue weighted by atomic mass is 9.85. The molecular formula is C19H28N2O3. The van der Waals surface area contributed by atoms with Crippen LogP contribution in [0.3, 0.4) is 0 Å². The lowest BCUT2D eigenvalue weighted by Crippen LogP contribution is -2.52. The number of amides is 3. The molecular weight excluding hydrogens is 304 g/mol. The summed E-state index contributed by atoms with van der Waals surface area (Å²) < 4.78 is 0. The van der Waals surface area contributed by atoms with E-state index < -0.39 is 6.04 Å². The molecule has 0 aromatic carbocycles. The fraction of sp³-hybridized carbons (Fsp3) is 0.737. The molecule has 1 saturated heterocycles. The summed E-state index contributed by atoms with van der Waals surface area (Å²) in [5, 5.41) is 3.05. The van der Waals surface area contributed by atoms with Crippen molar-refractivity contribution in [2.24, 2.45) is 23.7 Å². The van der Waals surface area contributed by atoms with Crippen LogP contribution in [0.1, 0.15) is 52.9 Å². The summed E-state index contributed by atoms with van der Waals surface area (Å²) >= 11 is 0. The van der Waals surface area contributed by atoms with Gasteiger partial charge in [-0.25, -0.2) is 0 Å². The predicted molar refractivity (Wildman–Crippen MR) is 90.8 cm³/mol. The van der Waals surface area contributed by atoms with E-state index in [4.69, 9.17) is 0 Å². The molecule has 1 aliphatic heterocycles. The average molecular weight is 332 g/mol. The van der Waals surface area contributed by atoms with Crippen molar-refractivity contribution in [3.8, 4) is 0 Å². The number of hydrogen-bond acceptors (Lipinski definition) is 3. The Morgan fingerprint density at radius 3 is 2.12 bits per heavy atom. The van der Waals surface area contributed by atoms with Crippen LogP contribution in [0.4, 0.5) is 0 Å². The van der Waals surface area contributed by atoms with Gasteiger partial charge in [-0.3, -0.25) is 19.3 Å². The van der Waals surface area contributed by atoms with Crippen molar-refractivity contribution < 1.29 is 14.4 Å². The van der Waals surface area contributed by atoms with Gasteiger partial charge >= 0.3 is 0 Å². The molecule has 0 aromatic rings. The van der Waals surface area contributed by atoms with Crippen LogP contribution in [0, 0.1) is 23.7 Å². The van der Waals surface area contributed by atoms with Crippen LogP contribution in [0.15, 0.2) is 12.2 Å². The minimum Gasteiger partial charge on any atom is -0.352 e. The third-order valence-electron chi connectivity index (χ3n) is 5.55. The van der Waals surface area contributed by atoms with Gasteiger partial charge in [-0.1, -0.05) is 26.0 Å². The van der Waals surface area contributed by atoms with Crippen molar-refractivity contribution in [1.29, 1.82) is 0 Å². The number of fused-ring (bicyclic) bond motifs is 1. The third kappa shape index (κ3) is 3.26. The number of rotatable bonds is 6. The van der Waals surface area contributed by atoms with Crippen LogP contribution >= 0.6 is 0 Å². The van der Waals surface area contributed by atoms with E-state index in [1.807, 2.05) is 32.9 Å². The van der Waals surface area contributed by atoms with E-state index >= 15 is 0 Å². The Hall–Kier alpha value is -1.65. The quantitative estimate of drug-likeness (QED) is 0.599. The third-order valence-corrected chi connectivity index (χ3v) is 5.55. The Morgan fingerprint density at radius 1 is 1.12 bits per heavy atom. The molecule has 5 nitrogen and oxygen atoms in total. The lowest BCUT2D eigenvalue weighted by molar-refractivity contribution is -0.148. The minimum atomic E-state index is -0.670. The molecule has 3 amide bonds. The first-order chi connectivity index (χ1) is 11.4. The van der Waals surface area contributed by atoms with Gasteiger partial charge < -0.3 is 5.32 Å². The van der Waals surface area contributed by atoms with E-state index in [1.165, 1.54) is 4.90 Å². The van der Waals surface area contributed by atoms with Crippen molar-refractivity contribution in [2.45, 2.75) is 65.0 Å². The maximum Gasteiger partial charge on any atom is 0.243 e. The lowest BCUT2D eigenvalue weighted by Gasteiger charge is -2.28. The van der Waals surface area contributed by atoms with Gasteiger partial charge in [0.05, 0.1) is 11.8 Å². The van der Waals surface area contributed by atoms with Crippen LogP contribution in [-0.2, 0) is 14.4 Å².